The van der Waals surface area contributed by atoms with E-state index in [2.05, 4.69) is 4.84 Å². The molecule has 0 bridgehead atoms. The van der Waals surface area contributed by atoms with Gasteiger partial charge in [-0.1, -0.05) is 12.1 Å². The van der Waals surface area contributed by atoms with Gasteiger partial charge in [0, 0.05) is 5.23 Å². The lowest BCUT2D eigenvalue weighted by Crippen LogP contribution is -2.31. The average molecular weight is 165 g/mol. The van der Waals surface area contributed by atoms with Crippen LogP contribution in [0.2, 0.25) is 0 Å². The number of hydroxylamine groups is 2. The molecule has 0 N–H and O–H groups in total. The van der Waals surface area contributed by atoms with Gasteiger partial charge >= 0.3 is 5.97 Å². The fourth-order valence-corrected chi connectivity index (χ4v) is 1.04. The summed E-state index contributed by atoms with van der Waals surface area (Å²) >= 11 is 0. The smallest absolute Gasteiger partial charge is 0.364 e. The van der Waals surface area contributed by atoms with Crippen LogP contribution in [0.1, 0.15) is 10.4 Å². The van der Waals surface area contributed by atoms with Crippen molar-refractivity contribution in [3.05, 3.63) is 29.8 Å². The Morgan fingerprint density at radius 3 is 2.83 bits per heavy atom. The van der Waals surface area contributed by atoms with E-state index in [-0.39, 0.29) is 5.97 Å². The SMILES string of the molecule is CN1OC(=O)c2ccccc2O1. The van der Waals surface area contributed by atoms with Crippen molar-refractivity contribution < 1.29 is 14.5 Å². The summed E-state index contributed by atoms with van der Waals surface area (Å²) in [4.78, 5) is 20.9. The number of fused-ring (bicyclic) bond motifs is 1. The lowest BCUT2D eigenvalue weighted by atomic mass is 10.2. The van der Waals surface area contributed by atoms with E-state index in [1.807, 2.05) is 0 Å². The third kappa shape index (κ3) is 1.02. The Labute approximate surface area is 69.2 Å². The van der Waals surface area contributed by atoms with Gasteiger partial charge in [0.05, 0.1) is 7.05 Å². The standard InChI is InChI=1S/C8H7NO3/c1-9-11-7-5-3-2-4-6(7)8(10)12-9/h2-5H,1H3. The zero-order valence-corrected chi connectivity index (χ0v) is 6.48. The van der Waals surface area contributed by atoms with Crippen LogP contribution >= 0.6 is 0 Å². The number of hydrogen-bond donors (Lipinski definition) is 0. The first-order valence-corrected chi connectivity index (χ1v) is 3.50. The predicted octanol–water partition coefficient (Wildman–Crippen LogP) is 0.998. The minimum Gasteiger partial charge on any atom is -0.370 e. The lowest BCUT2D eigenvalue weighted by Gasteiger charge is -2.22. The largest absolute Gasteiger partial charge is 0.370 e. The molecule has 4 nitrogen and oxygen atoms in total. The van der Waals surface area contributed by atoms with E-state index < -0.39 is 0 Å². The minimum absolute atomic E-state index is 0.389. The van der Waals surface area contributed by atoms with Gasteiger partial charge < -0.3 is 9.68 Å². The van der Waals surface area contributed by atoms with Crippen molar-refractivity contribution in [2.75, 3.05) is 7.05 Å². The fraction of sp³-hybridized carbons (Fsp3) is 0.125. The summed E-state index contributed by atoms with van der Waals surface area (Å²) in [7, 11) is 1.52. The summed E-state index contributed by atoms with van der Waals surface area (Å²) in [6.07, 6.45) is 0. The molecule has 0 atom stereocenters. The molecule has 0 aliphatic carbocycles. The second-order valence-corrected chi connectivity index (χ2v) is 2.41. The molecule has 0 unspecified atom stereocenters. The maximum absolute atomic E-state index is 11.2. The van der Waals surface area contributed by atoms with Crippen molar-refractivity contribution >= 4 is 5.97 Å². The first-order chi connectivity index (χ1) is 5.77. The van der Waals surface area contributed by atoms with Crippen LogP contribution < -0.4 is 4.84 Å². The third-order valence-corrected chi connectivity index (χ3v) is 1.55. The van der Waals surface area contributed by atoms with E-state index in [1.54, 1.807) is 24.3 Å². The molecule has 2 rings (SSSR count). The summed E-state index contributed by atoms with van der Waals surface area (Å²) in [6, 6.07) is 6.93. The molecule has 0 saturated heterocycles. The zero-order valence-electron chi connectivity index (χ0n) is 6.48. The van der Waals surface area contributed by atoms with Gasteiger partial charge in [-0.05, 0) is 12.1 Å². The molecule has 1 aliphatic heterocycles. The first-order valence-electron chi connectivity index (χ1n) is 3.50. The number of carbonyl (C=O) groups excluding carboxylic acids is 1. The van der Waals surface area contributed by atoms with Crippen LogP contribution in [0.4, 0.5) is 0 Å². The van der Waals surface area contributed by atoms with Crippen LogP contribution in [0.25, 0.3) is 0 Å². The molecule has 1 aromatic rings. The van der Waals surface area contributed by atoms with Crippen LogP contribution in [0, 0.1) is 0 Å². The summed E-state index contributed by atoms with van der Waals surface area (Å²) < 4.78 is 0. The molecule has 0 fully saturated rings. The summed E-state index contributed by atoms with van der Waals surface area (Å²) in [6.45, 7) is 0. The van der Waals surface area contributed by atoms with Crippen LogP contribution in [-0.4, -0.2) is 18.2 Å². The highest BCUT2D eigenvalue weighted by molar-refractivity contribution is 5.92. The molecule has 0 spiro atoms. The van der Waals surface area contributed by atoms with E-state index in [9.17, 15) is 4.79 Å². The molecule has 1 aromatic carbocycles. The van der Waals surface area contributed by atoms with E-state index >= 15 is 0 Å². The summed E-state index contributed by atoms with van der Waals surface area (Å²) in [5, 5.41) is 1.03. The van der Waals surface area contributed by atoms with Gasteiger partial charge in [0.15, 0.2) is 5.75 Å². The maximum atomic E-state index is 11.2. The van der Waals surface area contributed by atoms with Crippen molar-refractivity contribution in [3.8, 4) is 5.75 Å². The predicted molar refractivity (Wildman–Crippen MR) is 40.2 cm³/mol. The van der Waals surface area contributed by atoms with Crippen LogP contribution in [-0.2, 0) is 4.84 Å². The van der Waals surface area contributed by atoms with Crippen molar-refractivity contribution in [1.82, 2.24) is 5.23 Å². The van der Waals surface area contributed by atoms with Crippen LogP contribution in [0.3, 0.4) is 0 Å². The normalized spacial score (nSPS) is 16.2. The molecule has 1 aliphatic rings. The van der Waals surface area contributed by atoms with Crippen molar-refractivity contribution in [3.63, 3.8) is 0 Å². The van der Waals surface area contributed by atoms with Gasteiger partial charge in [-0.25, -0.2) is 4.79 Å². The van der Waals surface area contributed by atoms with Crippen molar-refractivity contribution in [2.24, 2.45) is 0 Å². The molecule has 0 saturated carbocycles. The van der Waals surface area contributed by atoms with Gasteiger partial charge in [0.2, 0.25) is 0 Å². The van der Waals surface area contributed by atoms with Crippen LogP contribution in [0.5, 0.6) is 5.75 Å². The molecule has 62 valence electrons. The van der Waals surface area contributed by atoms with Gasteiger partial charge in [0.25, 0.3) is 0 Å². The van der Waals surface area contributed by atoms with Gasteiger partial charge in [-0.15, -0.1) is 0 Å². The Kier molecular flexibility index (Phi) is 1.48. The number of nitrogens with zero attached hydrogens (tertiary/aromatic N) is 1. The number of carbonyl (C=O) groups is 1. The Bertz CT molecular complexity index is 324. The topological polar surface area (TPSA) is 38.8 Å². The Morgan fingerprint density at radius 1 is 1.25 bits per heavy atom. The van der Waals surface area contributed by atoms with E-state index in [0.29, 0.717) is 11.3 Å². The summed E-state index contributed by atoms with van der Waals surface area (Å²) in [5.41, 5.74) is 0.454. The Balaban J connectivity index is 2.47. The number of rotatable bonds is 0. The number of para-hydroxylation sites is 1. The number of hydrogen-bond acceptors (Lipinski definition) is 4. The lowest BCUT2D eigenvalue weighted by molar-refractivity contribution is -0.268. The molecule has 12 heavy (non-hydrogen) atoms. The first kappa shape index (κ1) is 7.12. The highest BCUT2D eigenvalue weighted by atomic mass is 17.0. The fourth-order valence-electron chi connectivity index (χ4n) is 1.04. The molecule has 1 heterocycles. The minimum atomic E-state index is -0.389. The monoisotopic (exact) mass is 165 g/mol. The van der Waals surface area contributed by atoms with E-state index in [1.165, 1.54) is 7.05 Å². The second kappa shape index (κ2) is 2.49. The van der Waals surface area contributed by atoms with Gasteiger partial charge in [-0.2, -0.15) is 0 Å². The Morgan fingerprint density at radius 2 is 2.00 bits per heavy atom. The second-order valence-electron chi connectivity index (χ2n) is 2.41. The molecule has 0 amide bonds. The third-order valence-electron chi connectivity index (χ3n) is 1.55. The van der Waals surface area contributed by atoms with Gasteiger partial charge in [0.1, 0.15) is 5.56 Å². The Hall–Kier alpha value is -1.55. The van der Waals surface area contributed by atoms with Crippen molar-refractivity contribution in [2.45, 2.75) is 0 Å². The summed E-state index contributed by atoms with van der Waals surface area (Å²) in [5.74, 6) is 0.135. The maximum Gasteiger partial charge on any atom is 0.364 e. The average Bonchev–Trinajstić information content (AvgIpc) is 2.04. The highest BCUT2D eigenvalue weighted by Gasteiger charge is 2.23. The van der Waals surface area contributed by atoms with E-state index in [0.717, 1.165) is 5.23 Å². The zero-order chi connectivity index (χ0) is 8.55. The molecular weight excluding hydrogens is 158 g/mol. The molecule has 4 heteroatoms. The molecular formula is C8H7NO3. The van der Waals surface area contributed by atoms with Crippen LogP contribution in [0.15, 0.2) is 24.3 Å². The van der Waals surface area contributed by atoms with Gasteiger partial charge in [-0.3, -0.25) is 0 Å². The van der Waals surface area contributed by atoms with E-state index in [4.69, 9.17) is 4.84 Å². The molecule has 0 radical (unpaired) electrons. The quantitative estimate of drug-likeness (QED) is 0.574. The number of benzene rings is 1. The molecule has 0 aromatic heterocycles. The van der Waals surface area contributed by atoms with Crippen molar-refractivity contribution in [1.29, 1.82) is 0 Å². The highest BCUT2D eigenvalue weighted by Crippen LogP contribution is 2.23.